The lowest BCUT2D eigenvalue weighted by Gasteiger charge is -2.15. The second-order valence-electron chi connectivity index (χ2n) is 4.09. The van der Waals surface area contributed by atoms with Crippen molar-refractivity contribution in [2.24, 2.45) is 0 Å². The molecule has 0 aromatic heterocycles. The minimum atomic E-state index is -0.542. The smallest absolute Gasteiger partial charge is 0.166 e. The van der Waals surface area contributed by atoms with Crippen molar-refractivity contribution in [3.05, 3.63) is 28.2 Å². The lowest BCUT2D eigenvalue weighted by molar-refractivity contribution is 0.230. The van der Waals surface area contributed by atoms with Crippen molar-refractivity contribution in [3.63, 3.8) is 0 Å². The number of benzene rings is 1. The maximum absolute atomic E-state index is 13.4. The maximum atomic E-state index is 13.4. The fraction of sp³-hybridized carbons (Fsp3) is 0.500. The summed E-state index contributed by atoms with van der Waals surface area (Å²) in [7, 11) is 0. The van der Waals surface area contributed by atoms with Gasteiger partial charge in [-0.05, 0) is 47.9 Å². The molecule has 0 aliphatic carbocycles. The largest absolute Gasteiger partial charge is 0.489 e. The van der Waals surface area contributed by atoms with E-state index in [-0.39, 0.29) is 10.2 Å². The number of halogens is 3. The Morgan fingerprint density at radius 1 is 1.18 bits per heavy atom. The summed E-state index contributed by atoms with van der Waals surface area (Å²) in [6, 6.07) is 2.16. The maximum Gasteiger partial charge on any atom is 0.166 e. The molecular formula is C12H14BrF2NO. The first-order valence-electron chi connectivity index (χ1n) is 5.66. The van der Waals surface area contributed by atoms with Gasteiger partial charge in [-0.15, -0.1) is 0 Å². The zero-order valence-electron chi connectivity index (χ0n) is 9.39. The molecule has 1 aromatic rings. The Morgan fingerprint density at radius 3 is 2.59 bits per heavy atom. The van der Waals surface area contributed by atoms with Gasteiger partial charge in [0.25, 0.3) is 0 Å². The Bertz CT molecular complexity index is 394. The van der Waals surface area contributed by atoms with Gasteiger partial charge in [0.05, 0.1) is 4.47 Å². The number of ether oxygens (including phenoxy) is 1. The molecule has 0 spiro atoms. The van der Waals surface area contributed by atoms with Crippen molar-refractivity contribution in [2.75, 3.05) is 26.2 Å². The first-order valence-corrected chi connectivity index (χ1v) is 6.46. The Balaban J connectivity index is 1.87. The number of nitrogens with zero attached hydrogens (tertiary/aromatic N) is 1. The second-order valence-corrected chi connectivity index (χ2v) is 4.95. The van der Waals surface area contributed by atoms with Crippen LogP contribution in [0, 0.1) is 11.6 Å². The van der Waals surface area contributed by atoms with Crippen molar-refractivity contribution in [3.8, 4) is 5.75 Å². The van der Waals surface area contributed by atoms with E-state index in [1.54, 1.807) is 0 Å². The SMILES string of the molecule is Fc1cc(OCCN2CCCC2)c(F)cc1Br. The lowest BCUT2D eigenvalue weighted by atomic mass is 10.3. The van der Waals surface area contributed by atoms with Crippen LogP contribution in [-0.4, -0.2) is 31.1 Å². The monoisotopic (exact) mass is 305 g/mol. The first kappa shape index (κ1) is 12.8. The number of hydrogen-bond acceptors (Lipinski definition) is 2. The van der Waals surface area contributed by atoms with Crippen LogP contribution in [0.4, 0.5) is 8.78 Å². The molecular weight excluding hydrogens is 292 g/mol. The number of rotatable bonds is 4. The highest BCUT2D eigenvalue weighted by molar-refractivity contribution is 9.10. The average molecular weight is 306 g/mol. The third kappa shape index (κ3) is 3.39. The van der Waals surface area contributed by atoms with E-state index < -0.39 is 11.6 Å². The average Bonchev–Trinajstić information content (AvgIpc) is 2.78. The molecule has 5 heteroatoms. The molecule has 1 aromatic carbocycles. The van der Waals surface area contributed by atoms with Crippen LogP contribution >= 0.6 is 15.9 Å². The van der Waals surface area contributed by atoms with E-state index in [1.165, 1.54) is 12.8 Å². The topological polar surface area (TPSA) is 12.5 Å². The summed E-state index contributed by atoms with van der Waals surface area (Å²) < 4.78 is 31.9. The molecule has 2 nitrogen and oxygen atoms in total. The minimum Gasteiger partial charge on any atom is -0.489 e. The molecule has 0 amide bonds. The predicted molar refractivity (Wildman–Crippen MR) is 65.2 cm³/mol. The van der Waals surface area contributed by atoms with E-state index in [9.17, 15) is 8.78 Å². The molecule has 1 aliphatic rings. The Morgan fingerprint density at radius 2 is 1.88 bits per heavy atom. The van der Waals surface area contributed by atoms with E-state index in [0.717, 1.165) is 31.8 Å². The number of likely N-dealkylation sites (tertiary alicyclic amines) is 1. The standard InChI is InChI=1S/C12H14BrF2NO/c13-9-7-11(15)12(8-10(9)14)17-6-5-16-3-1-2-4-16/h7-8H,1-6H2. The quantitative estimate of drug-likeness (QED) is 0.792. The lowest BCUT2D eigenvalue weighted by Crippen LogP contribution is -2.25. The molecule has 1 fully saturated rings. The van der Waals surface area contributed by atoms with E-state index in [4.69, 9.17) is 4.74 Å². The molecule has 0 saturated carbocycles. The fourth-order valence-electron chi connectivity index (χ4n) is 1.91. The van der Waals surface area contributed by atoms with Gasteiger partial charge in [-0.1, -0.05) is 0 Å². The Kier molecular flexibility index (Phi) is 4.34. The van der Waals surface area contributed by atoms with Crippen molar-refractivity contribution in [2.45, 2.75) is 12.8 Å². The van der Waals surface area contributed by atoms with E-state index >= 15 is 0 Å². The molecule has 0 radical (unpaired) electrons. The molecule has 1 aliphatic heterocycles. The minimum absolute atomic E-state index is 0.0232. The summed E-state index contributed by atoms with van der Waals surface area (Å²) in [5.74, 6) is -1.08. The highest BCUT2D eigenvalue weighted by Gasteiger charge is 2.12. The second kappa shape index (κ2) is 5.78. The molecule has 94 valence electrons. The summed E-state index contributed by atoms with van der Waals surface area (Å²) >= 11 is 2.92. The summed E-state index contributed by atoms with van der Waals surface area (Å²) in [6.07, 6.45) is 2.42. The fourth-order valence-corrected chi connectivity index (χ4v) is 2.22. The zero-order chi connectivity index (χ0) is 12.3. The summed E-state index contributed by atoms with van der Waals surface area (Å²) in [4.78, 5) is 2.26. The molecule has 0 bridgehead atoms. The van der Waals surface area contributed by atoms with E-state index in [2.05, 4.69) is 20.8 Å². The molecule has 0 atom stereocenters. The van der Waals surface area contributed by atoms with E-state index in [0.29, 0.717) is 6.61 Å². The van der Waals surface area contributed by atoms with Crippen LogP contribution < -0.4 is 4.74 Å². The first-order chi connectivity index (χ1) is 8.16. The van der Waals surface area contributed by atoms with Crippen LogP contribution in [0.3, 0.4) is 0 Å². The van der Waals surface area contributed by atoms with Crippen LogP contribution in [-0.2, 0) is 0 Å². The van der Waals surface area contributed by atoms with Gasteiger partial charge in [0.15, 0.2) is 11.6 Å². The number of hydrogen-bond donors (Lipinski definition) is 0. The van der Waals surface area contributed by atoms with Crippen LogP contribution in [0.1, 0.15) is 12.8 Å². The molecule has 17 heavy (non-hydrogen) atoms. The van der Waals surface area contributed by atoms with Crippen molar-refractivity contribution in [1.82, 2.24) is 4.90 Å². The predicted octanol–water partition coefficient (Wildman–Crippen LogP) is 3.20. The Hall–Kier alpha value is -0.680. The molecule has 1 saturated heterocycles. The zero-order valence-corrected chi connectivity index (χ0v) is 11.0. The Labute approximate surface area is 108 Å². The highest BCUT2D eigenvalue weighted by atomic mass is 79.9. The van der Waals surface area contributed by atoms with Crippen molar-refractivity contribution in [1.29, 1.82) is 0 Å². The van der Waals surface area contributed by atoms with Gasteiger partial charge in [-0.2, -0.15) is 0 Å². The van der Waals surface area contributed by atoms with Gasteiger partial charge < -0.3 is 4.74 Å². The van der Waals surface area contributed by atoms with Gasteiger partial charge in [-0.25, -0.2) is 8.78 Å². The van der Waals surface area contributed by atoms with Gasteiger partial charge in [0.2, 0.25) is 0 Å². The van der Waals surface area contributed by atoms with Crippen LogP contribution in [0.25, 0.3) is 0 Å². The van der Waals surface area contributed by atoms with Crippen LogP contribution in [0.5, 0.6) is 5.75 Å². The van der Waals surface area contributed by atoms with Gasteiger partial charge >= 0.3 is 0 Å². The molecule has 0 N–H and O–H groups in total. The molecule has 1 heterocycles. The third-order valence-electron chi connectivity index (χ3n) is 2.84. The third-order valence-corrected chi connectivity index (χ3v) is 3.45. The van der Waals surface area contributed by atoms with Crippen LogP contribution in [0.2, 0.25) is 0 Å². The van der Waals surface area contributed by atoms with Gasteiger partial charge in [0.1, 0.15) is 12.4 Å². The molecule has 2 rings (SSSR count). The summed E-state index contributed by atoms with van der Waals surface area (Å²) in [5.41, 5.74) is 0. The van der Waals surface area contributed by atoms with Crippen molar-refractivity contribution < 1.29 is 13.5 Å². The normalized spacial score (nSPS) is 16.4. The highest BCUT2D eigenvalue weighted by Crippen LogP contribution is 2.25. The van der Waals surface area contributed by atoms with Crippen LogP contribution in [0.15, 0.2) is 16.6 Å². The van der Waals surface area contributed by atoms with E-state index in [1.807, 2.05) is 0 Å². The summed E-state index contributed by atoms with van der Waals surface area (Å²) in [6.45, 7) is 3.29. The van der Waals surface area contributed by atoms with Crippen molar-refractivity contribution >= 4 is 15.9 Å². The van der Waals surface area contributed by atoms with Gasteiger partial charge in [-0.3, -0.25) is 4.90 Å². The summed E-state index contributed by atoms with van der Waals surface area (Å²) in [5, 5.41) is 0. The van der Waals surface area contributed by atoms with Gasteiger partial charge in [0, 0.05) is 12.6 Å². The molecule has 0 unspecified atom stereocenters.